The smallest absolute Gasteiger partial charge is 0.243 e. The van der Waals surface area contributed by atoms with Crippen LogP contribution >= 0.6 is 11.3 Å². The summed E-state index contributed by atoms with van der Waals surface area (Å²) in [6, 6.07) is 2.66. The summed E-state index contributed by atoms with van der Waals surface area (Å²) in [6.07, 6.45) is 1.82. The molecule has 0 amide bonds. The standard InChI is InChI=1S/C15H17F2N3O2S2/c1-11-9-18-15(23-11)10-19-4-6-20(7-5-19)24(21,22)12-2-3-13(16)14(17)8-12/h2-3,8-9H,4-7,10H2,1H3. The molecule has 1 aromatic heterocycles. The van der Waals surface area contributed by atoms with E-state index >= 15 is 0 Å². The lowest BCUT2D eigenvalue weighted by molar-refractivity contribution is 0.181. The van der Waals surface area contributed by atoms with Gasteiger partial charge in [-0.3, -0.25) is 4.90 Å². The second kappa shape index (κ2) is 6.83. The second-order valence-electron chi connectivity index (χ2n) is 5.62. The van der Waals surface area contributed by atoms with Crippen LogP contribution in [0.3, 0.4) is 0 Å². The van der Waals surface area contributed by atoms with E-state index < -0.39 is 21.7 Å². The summed E-state index contributed by atoms with van der Waals surface area (Å²) in [6.45, 7) is 4.45. The van der Waals surface area contributed by atoms with Gasteiger partial charge in [0.2, 0.25) is 10.0 Å². The number of aromatic nitrogens is 1. The number of piperazine rings is 1. The van der Waals surface area contributed by atoms with E-state index in [0.29, 0.717) is 32.7 Å². The number of rotatable bonds is 4. The maximum absolute atomic E-state index is 13.3. The van der Waals surface area contributed by atoms with Gasteiger partial charge in [-0.25, -0.2) is 22.2 Å². The van der Waals surface area contributed by atoms with Crippen LogP contribution in [0, 0.1) is 18.6 Å². The zero-order valence-corrected chi connectivity index (χ0v) is 14.7. The Morgan fingerprint density at radius 2 is 1.88 bits per heavy atom. The van der Waals surface area contributed by atoms with Crippen LogP contribution in [0.4, 0.5) is 8.78 Å². The van der Waals surface area contributed by atoms with Crippen molar-refractivity contribution in [2.75, 3.05) is 26.2 Å². The number of benzene rings is 1. The highest BCUT2D eigenvalue weighted by Crippen LogP contribution is 2.21. The van der Waals surface area contributed by atoms with Crippen LogP contribution in [-0.4, -0.2) is 48.8 Å². The minimum absolute atomic E-state index is 0.217. The topological polar surface area (TPSA) is 53.5 Å². The number of halogens is 2. The maximum atomic E-state index is 13.3. The molecule has 3 rings (SSSR count). The highest BCUT2D eigenvalue weighted by atomic mass is 32.2. The molecule has 9 heteroatoms. The molecule has 0 spiro atoms. The Balaban J connectivity index is 1.65. The molecule has 0 bridgehead atoms. The molecule has 0 aliphatic carbocycles. The van der Waals surface area contributed by atoms with Gasteiger partial charge in [-0.15, -0.1) is 11.3 Å². The van der Waals surface area contributed by atoms with Crippen molar-refractivity contribution in [2.24, 2.45) is 0 Å². The van der Waals surface area contributed by atoms with Gasteiger partial charge in [0.15, 0.2) is 11.6 Å². The summed E-state index contributed by atoms with van der Waals surface area (Å²) < 4.78 is 52.7. The Morgan fingerprint density at radius 3 is 2.46 bits per heavy atom. The lowest BCUT2D eigenvalue weighted by Crippen LogP contribution is -2.48. The van der Waals surface area contributed by atoms with E-state index in [9.17, 15) is 17.2 Å². The molecule has 24 heavy (non-hydrogen) atoms. The predicted octanol–water partition coefficient (Wildman–Crippen LogP) is 2.24. The van der Waals surface area contributed by atoms with Crippen LogP contribution in [0.2, 0.25) is 0 Å². The zero-order valence-electron chi connectivity index (χ0n) is 13.1. The van der Waals surface area contributed by atoms with Gasteiger partial charge in [-0.1, -0.05) is 0 Å². The van der Waals surface area contributed by atoms with Crippen LogP contribution in [0.1, 0.15) is 9.88 Å². The quantitative estimate of drug-likeness (QED) is 0.825. The Hall–Kier alpha value is -1.42. The highest BCUT2D eigenvalue weighted by Gasteiger charge is 2.29. The van der Waals surface area contributed by atoms with E-state index in [-0.39, 0.29) is 4.90 Å². The van der Waals surface area contributed by atoms with Gasteiger partial charge in [-0.05, 0) is 25.1 Å². The fraction of sp³-hybridized carbons (Fsp3) is 0.400. The van der Waals surface area contributed by atoms with Crippen LogP contribution in [0.15, 0.2) is 29.3 Å². The number of aryl methyl sites for hydroxylation is 1. The van der Waals surface area contributed by atoms with Crippen molar-refractivity contribution in [1.29, 1.82) is 0 Å². The number of nitrogens with zero attached hydrogens (tertiary/aromatic N) is 3. The summed E-state index contributed by atoms with van der Waals surface area (Å²) in [5, 5.41) is 1.00. The molecule has 130 valence electrons. The van der Waals surface area contributed by atoms with Gasteiger partial charge in [-0.2, -0.15) is 4.31 Å². The molecule has 1 aliphatic heterocycles. The van der Waals surface area contributed by atoms with E-state index in [1.165, 1.54) is 4.31 Å². The Morgan fingerprint density at radius 1 is 1.17 bits per heavy atom. The normalized spacial score (nSPS) is 17.3. The van der Waals surface area contributed by atoms with Crippen LogP contribution in [-0.2, 0) is 16.6 Å². The zero-order chi connectivity index (χ0) is 17.3. The molecule has 0 saturated carbocycles. The average Bonchev–Trinajstić information content (AvgIpc) is 2.95. The molecule has 0 unspecified atom stereocenters. The van der Waals surface area contributed by atoms with Gasteiger partial charge in [0.05, 0.1) is 11.4 Å². The van der Waals surface area contributed by atoms with Gasteiger partial charge in [0, 0.05) is 37.3 Å². The number of sulfonamides is 1. The summed E-state index contributed by atoms with van der Waals surface area (Å²) in [5.41, 5.74) is 0. The van der Waals surface area contributed by atoms with Gasteiger partial charge >= 0.3 is 0 Å². The Kier molecular flexibility index (Phi) is 4.95. The van der Waals surface area contributed by atoms with E-state index in [4.69, 9.17) is 0 Å². The third-order valence-corrected chi connectivity index (χ3v) is 6.68. The first-order chi connectivity index (χ1) is 11.4. The minimum atomic E-state index is -3.81. The fourth-order valence-corrected chi connectivity index (χ4v) is 4.84. The number of hydrogen-bond acceptors (Lipinski definition) is 5. The van der Waals surface area contributed by atoms with Gasteiger partial charge in [0.25, 0.3) is 0 Å². The van der Waals surface area contributed by atoms with Crippen molar-refractivity contribution in [3.05, 3.63) is 45.9 Å². The molecule has 1 saturated heterocycles. The van der Waals surface area contributed by atoms with E-state index in [0.717, 1.165) is 28.1 Å². The van der Waals surface area contributed by atoms with Crippen molar-refractivity contribution < 1.29 is 17.2 Å². The van der Waals surface area contributed by atoms with E-state index in [1.54, 1.807) is 11.3 Å². The summed E-state index contributed by atoms with van der Waals surface area (Å²) in [7, 11) is -3.81. The van der Waals surface area contributed by atoms with E-state index in [2.05, 4.69) is 9.88 Å². The Labute approximate surface area is 143 Å². The lowest BCUT2D eigenvalue weighted by atomic mass is 10.3. The third-order valence-electron chi connectivity index (χ3n) is 3.89. The Bertz CT molecular complexity index is 831. The molecule has 0 radical (unpaired) electrons. The lowest BCUT2D eigenvalue weighted by Gasteiger charge is -2.33. The first-order valence-electron chi connectivity index (χ1n) is 7.45. The first kappa shape index (κ1) is 17.4. The summed E-state index contributed by atoms with van der Waals surface area (Å²) in [5.74, 6) is -2.22. The average molecular weight is 373 g/mol. The largest absolute Gasteiger partial charge is 0.294 e. The number of thiazole rings is 1. The summed E-state index contributed by atoms with van der Waals surface area (Å²) >= 11 is 1.63. The maximum Gasteiger partial charge on any atom is 0.243 e. The molecule has 1 aromatic carbocycles. The molecular weight excluding hydrogens is 356 g/mol. The molecule has 0 atom stereocenters. The molecule has 0 N–H and O–H groups in total. The van der Waals surface area contributed by atoms with Gasteiger partial charge in [0.1, 0.15) is 5.01 Å². The van der Waals surface area contributed by atoms with Crippen molar-refractivity contribution >= 4 is 21.4 Å². The fourth-order valence-electron chi connectivity index (χ4n) is 2.58. The van der Waals surface area contributed by atoms with Crippen molar-refractivity contribution in [2.45, 2.75) is 18.4 Å². The van der Waals surface area contributed by atoms with Gasteiger partial charge < -0.3 is 0 Å². The molecule has 1 aliphatic rings. The predicted molar refractivity (Wildman–Crippen MR) is 87.2 cm³/mol. The molecule has 5 nitrogen and oxygen atoms in total. The van der Waals surface area contributed by atoms with Crippen molar-refractivity contribution in [3.8, 4) is 0 Å². The van der Waals surface area contributed by atoms with Crippen LogP contribution in [0.5, 0.6) is 0 Å². The SMILES string of the molecule is Cc1cnc(CN2CCN(S(=O)(=O)c3ccc(F)c(F)c3)CC2)s1. The summed E-state index contributed by atoms with van der Waals surface area (Å²) in [4.78, 5) is 7.37. The molecule has 2 aromatic rings. The monoisotopic (exact) mass is 373 g/mol. The molecular formula is C15H17F2N3O2S2. The first-order valence-corrected chi connectivity index (χ1v) is 9.71. The third kappa shape index (κ3) is 3.64. The van der Waals surface area contributed by atoms with E-state index in [1.807, 2.05) is 13.1 Å². The highest BCUT2D eigenvalue weighted by molar-refractivity contribution is 7.89. The number of hydrogen-bond donors (Lipinski definition) is 0. The molecule has 1 fully saturated rings. The second-order valence-corrected chi connectivity index (χ2v) is 8.88. The van der Waals surface area contributed by atoms with Crippen LogP contribution in [0.25, 0.3) is 0 Å². The van der Waals surface area contributed by atoms with Crippen molar-refractivity contribution in [3.63, 3.8) is 0 Å². The minimum Gasteiger partial charge on any atom is -0.294 e. The molecule has 2 heterocycles. The van der Waals surface area contributed by atoms with Crippen molar-refractivity contribution in [1.82, 2.24) is 14.2 Å². The van der Waals surface area contributed by atoms with Crippen LogP contribution < -0.4 is 0 Å².